The summed E-state index contributed by atoms with van der Waals surface area (Å²) in [5.74, 6) is -0.527. The highest BCUT2D eigenvalue weighted by Gasteiger charge is 2.19. The summed E-state index contributed by atoms with van der Waals surface area (Å²) < 4.78 is 12.8. The predicted molar refractivity (Wildman–Crippen MR) is 127 cm³/mol. The fourth-order valence-corrected chi connectivity index (χ4v) is 3.93. The second-order valence-electron chi connectivity index (χ2n) is 7.77. The molecule has 0 fully saturated rings. The highest BCUT2D eigenvalue weighted by Crippen LogP contribution is 2.28. The molecular weight excluding hydrogens is 472 g/mol. The zero-order chi connectivity index (χ0) is 24.4. The minimum atomic E-state index is -0.603. The van der Waals surface area contributed by atoms with Crippen LogP contribution in [-0.2, 0) is 24.5 Å². The van der Waals surface area contributed by atoms with Gasteiger partial charge in [0.05, 0.1) is 19.3 Å². The van der Waals surface area contributed by atoms with Crippen LogP contribution in [0.4, 0.5) is 0 Å². The van der Waals surface area contributed by atoms with Crippen molar-refractivity contribution < 1.29 is 23.8 Å². The molecule has 0 aliphatic heterocycles. The van der Waals surface area contributed by atoms with Crippen LogP contribution >= 0.6 is 11.6 Å². The van der Waals surface area contributed by atoms with Crippen LogP contribution in [0.15, 0.2) is 71.5 Å². The fourth-order valence-electron chi connectivity index (χ4n) is 3.70. The molecular formula is C25H19ClN4O5. The van der Waals surface area contributed by atoms with Gasteiger partial charge in [0.15, 0.2) is 5.65 Å². The Balaban J connectivity index is 1.32. The molecule has 176 valence electrons. The second kappa shape index (κ2) is 9.57. The van der Waals surface area contributed by atoms with Crippen molar-refractivity contribution in [3.05, 3.63) is 100 Å². The minimum absolute atomic E-state index is 0.0258. The first kappa shape index (κ1) is 22.6. The van der Waals surface area contributed by atoms with Crippen molar-refractivity contribution in [2.24, 2.45) is 0 Å². The summed E-state index contributed by atoms with van der Waals surface area (Å²) in [6.07, 6.45) is 4.73. The van der Waals surface area contributed by atoms with Crippen molar-refractivity contribution in [3.8, 4) is 0 Å². The molecule has 9 nitrogen and oxygen atoms in total. The number of furan rings is 1. The smallest absolute Gasteiger partial charge is 0.342 e. The third-order valence-corrected chi connectivity index (χ3v) is 5.56. The number of hydrogen-bond donors (Lipinski definition) is 2. The number of hydrogen-bond acceptors (Lipinski definition) is 7. The molecule has 0 unspecified atom stereocenters. The number of carbonyl (C=O) groups is 2. The monoisotopic (exact) mass is 490 g/mol. The third kappa shape index (κ3) is 4.72. The summed E-state index contributed by atoms with van der Waals surface area (Å²) >= 11 is 6.22. The molecule has 0 radical (unpaired) electrons. The van der Waals surface area contributed by atoms with Gasteiger partial charge in [0.1, 0.15) is 29.1 Å². The molecule has 0 saturated heterocycles. The van der Waals surface area contributed by atoms with Crippen molar-refractivity contribution >= 4 is 40.1 Å². The molecule has 35 heavy (non-hydrogen) atoms. The molecule has 0 atom stereocenters. The molecule has 1 amide bonds. The maximum atomic E-state index is 12.8. The van der Waals surface area contributed by atoms with Crippen LogP contribution in [0.1, 0.15) is 37.6 Å². The summed E-state index contributed by atoms with van der Waals surface area (Å²) in [5.41, 5.74) is 2.73. The quantitative estimate of drug-likeness (QED) is 0.332. The molecule has 0 saturated carbocycles. The van der Waals surface area contributed by atoms with E-state index in [1.54, 1.807) is 54.9 Å². The molecule has 3 aromatic heterocycles. The van der Waals surface area contributed by atoms with Crippen molar-refractivity contribution in [2.75, 3.05) is 0 Å². The molecule has 3 heterocycles. The number of halogens is 1. The molecule has 2 aromatic carbocycles. The number of amides is 1. The molecule has 5 rings (SSSR count). The number of fused-ring (bicyclic) bond motifs is 2. The number of rotatable bonds is 7. The van der Waals surface area contributed by atoms with Crippen molar-refractivity contribution in [3.63, 3.8) is 0 Å². The van der Waals surface area contributed by atoms with E-state index in [-0.39, 0.29) is 31.2 Å². The van der Waals surface area contributed by atoms with E-state index >= 15 is 0 Å². The topological polar surface area (TPSA) is 119 Å². The Morgan fingerprint density at radius 3 is 2.83 bits per heavy atom. The number of nitrogens with one attached hydrogen (secondary N) is 1. The number of aliphatic hydroxyl groups excluding tert-OH is 1. The van der Waals surface area contributed by atoms with Gasteiger partial charge in [-0.05, 0) is 35.4 Å². The molecule has 2 N–H and O–H groups in total. The summed E-state index contributed by atoms with van der Waals surface area (Å²) in [7, 11) is 0. The molecule has 5 aromatic rings. The average Bonchev–Trinajstić information content (AvgIpc) is 3.49. The lowest BCUT2D eigenvalue weighted by Crippen LogP contribution is -2.22. The zero-order valence-electron chi connectivity index (χ0n) is 18.3. The van der Waals surface area contributed by atoms with Gasteiger partial charge in [-0.2, -0.15) is 5.10 Å². The average molecular weight is 491 g/mol. The van der Waals surface area contributed by atoms with E-state index in [9.17, 15) is 14.7 Å². The zero-order valence-corrected chi connectivity index (χ0v) is 19.0. The predicted octanol–water partition coefficient (Wildman–Crippen LogP) is 3.91. The molecule has 0 aliphatic rings. The lowest BCUT2D eigenvalue weighted by Gasteiger charge is -2.07. The number of nitrogens with zero attached hydrogens (tertiary/aromatic N) is 3. The van der Waals surface area contributed by atoms with Crippen LogP contribution in [0, 0.1) is 0 Å². The number of ether oxygens (including phenoxy) is 1. The largest absolute Gasteiger partial charge is 0.458 e. The highest BCUT2D eigenvalue weighted by atomic mass is 35.5. The van der Waals surface area contributed by atoms with E-state index in [2.05, 4.69) is 15.4 Å². The maximum absolute atomic E-state index is 12.8. The normalized spacial score (nSPS) is 11.1. The van der Waals surface area contributed by atoms with Gasteiger partial charge in [0.2, 0.25) is 0 Å². The van der Waals surface area contributed by atoms with Crippen LogP contribution < -0.4 is 5.32 Å². The molecule has 0 spiro atoms. The summed E-state index contributed by atoms with van der Waals surface area (Å²) in [5, 5.41) is 17.1. The highest BCUT2D eigenvalue weighted by molar-refractivity contribution is 6.32. The van der Waals surface area contributed by atoms with E-state index in [1.807, 2.05) is 0 Å². The van der Waals surface area contributed by atoms with Crippen LogP contribution in [0.5, 0.6) is 0 Å². The maximum Gasteiger partial charge on any atom is 0.342 e. The van der Waals surface area contributed by atoms with Gasteiger partial charge in [0, 0.05) is 22.8 Å². The van der Waals surface area contributed by atoms with E-state index in [0.29, 0.717) is 33.0 Å². The number of benzene rings is 2. The van der Waals surface area contributed by atoms with E-state index < -0.39 is 5.97 Å². The Kier molecular flexibility index (Phi) is 6.17. The first-order chi connectivity index (χ1) is 17.0. The number of esters is 1. The van der Waals surface area contributed by atoms with Gasteiger partial charge < -0.3 is 19.6 Å². The third-order valence-electron chi connectivity index (χ3n) is 5.34. The van der Waals surface area contributed by atoms with Crippen molar-refractivity contribution in [1.82, 2.24) is 19.9 Å². The lowest BCUT2D eigenvalue weighted by atomic mass is 10.1. The van der Waals surface area contributed by atoms with E-state index in [4.69, 9.17) is 20.8 Å². The standard InChI is InChI=1S/C25H19ClN4O5/c26-18-8-17-9-19(11-28-24(32)21-12-29-30-6-2-5-27-23(21)30)35-22(17)20(10-18)25(33)34-14-16-4-1-3-15(7-16)13-31/h1-10,12,31H,11,13-14H2,(H,28,32). The summed E-state index contributed by atoms with van der Waals surface area (Å²) in [6.45, 7) is 0.00601. The van der Waals surface area contributed by atoms with E-state index in [1.165, 1.54) is 16.8 Å². The number of aliphatic hydroxyl groups is 1. The molecule has 0 aliphatic carbocycles. The van der Waals surface area contributed by atoms with Crippen LogP contribution in [0.2, 0.25) is 5.02 Å². The molecule has 10 heteroatoms. The Bertz CT molecular complexity index is 1560. The number of aromatic nitrogens is 3. The van der Waals surface area contributed by atoms with Gasteiger partial charge in [-0.15, -0.1) is 0 Å². The second-order valence-corrected chi connectivity index (χ2v) is 8.20. The summed E-state index contributed by atoms with van der Waals surface area (Å²) in [4.78, 5) is 29.6. The van der Waals surface area contributed by atoms with Gasteiger partial charge in [0.25, 0.3) is 5.91 Å². The van der Waals surface area contributed by atoms with Gasteiger partial charge in [-0.1, -0.05) is 35.9 Å². The van der Waals surface area contributed by atoms with Crippen molar-refractivity contribution in [1.29, 1.82) is 0 Å². The Hall–Kier alpha value is -4.21. The fraction of sp³-hybridized carbons (Fsp3) is 0.120. The van der Waals surface area contributed by atoms with Crippen LogP contribution in [0.3, 0.4) is 0 Å². The van der Waals surface area contributed by atoms with Crippen LogP contribution in [-0.4, -0.2) is 31.6 Å². The van der Waals surface area contributed by atoms with Gasteiger partial charge >= 0.3 is 5.97 Å². The minimum Gasteiger partial charge on any atom is -0.458 e. The number of carbonyl (C=O) groups excluding carboxylic acids is 2. The SMILES string of the molecule is O=C(OCc1cccc(CO)c1)c1cc(Cl)cc2cc(CNC(=O)c3cnn4cccnc34)oc12. The van der Waals surface area contributed by atoms with Gasteiger partial charge in [-0.3, -0.25) is 4.79 Å². The Morgan fingerprint density at radius 1 is 1.11 bits per heavy atom. The first-order valence-corrected chi connectivity index (χ1v) is 11.0. The molecule has 0 bridgehead atoms. The lowest BCUT2D eigenvalue weighted by molar-refractivity contribution is 0.0473. The first-order valence-electron chi connectivity index (χ1n) is 10.7. The van der Waals surface area contributed by atoms with Crippen LogP contribution in [0.25, 0.3) is 16.6 Å². The summed E-state index contributed by atoms with van der Waals surface area (Å²) in [6, 6.07) is 13.7. The van der Waals surface area contributed by atoms with Gasteiger partial charge in [-0.25, -0.2) is 14.3 Å². The Labute approximate surface area is 203 Å². The van der Waals surface area contributed by atoms with E-state index in [0.717, 1.165) is 11.1 Å². The van der Waals surface area contributed by atoms with Crippen molar-refractivity contribution in [2.45, 2.75) is 19.8 Å². The Morgan fingerprint density at radius 2 is 1.97 bits per heavy atom.